The Morgan fingerprint density at radius 3 is 2.71 bits per heavy atom. The lowest BCUT2D eigenvalue weighted by atomic mass is 10.0. The molecule has 5 nitrogen and oxygen atoms in total. The van der Waals surface area contributed by atoms with E-state index in [9.17, 15) is 18.0 Å². The predicted molar refractivity (Wildman–Crippen MR) is 98.8 cm³/mol. The lowest BCUT2D eigenvalue weighted by Gasteiger charge is -2.27. The zero-order valence-corrected chi connectivity index (χ0v) is 15.5. The number of aryl methyl sites for hydroxylation is 2. The maximum absolute atomic E-state index is 13.4. The molecule has 0 bridgehead atoms. The number of hydrogen-bond donors (Lipinski definition) is 0. The van der Waals surface area contributed by atoms with Crippen LogP contribution in [-0.4, -0.2) is 44.3 Å². The maximum Gasteiger partial charge on any atom is 0.408 e. The van der Waals surface area contributed by atoms with Crippen molar-refractivity contribution in [2.24, 2.45) is 7.05 Å². The van der Waals surface area contributed by atoms with Crippen LogP contribution in [0.2, 0.25) is 0 Å². The van der Waals surface area contributed by atoms with Crippen LogP contribution < -0.4 is 0 Å². The topological polar surface area (TPSA) is 51.0 Å². The molecule has 1 saturated heterocycles. The van der Waals surface area contributed by atoms with E-state index in [1.54, 1.807) is 42.3 Å². The first kappa shape index (κ1) is 18.5. The number of alkyl halides is 3. The molecular weight excluding hydrogens is 369 g/mol. The maximum atomic E-state index is 13.4. The van der Waals surface area contributed by atoms with Crippen molar-refractivity contribution in [3.05, 3.63) is 47.8 Å². The lowest BCUT2D eigenvalue weighted by Crippen LogP contribution is -2.44. The number of benzene rings is 1. The van der Waals surface area contributed by atoms with Crippen molar-refractivity contribution in [1.82, 2.24) is 19.7 Å². The average Bonchev–Trinajstić information content (AvgIpc) is 3.29. The van der Waals surface area contributed by atoms with Gasteiger partial charge in [-0.1, -0.05) is 11.6 Å². The number of carbonyl (C=O) groups excluding carboxylic acids is 1. The largest absolute Gasteiger partial charge is 0.408 e. The van der Waals surface area contributed by atoms with Crippen molar-refractivity contribution >= 4 is 16.8 Å². The third kappa shape index (κ3) is 3.23. The van der Waals surface area contributed by atoms with Gasteiger partial charge in [0, 0.05) is 30.7 Å². The molecule has 4 rings (SSSR count). The van der Waals surface area contributed by atoms with Crippen LogP contribution in [0.4, 0.5) is 13.2 Å². The minimum absolute atomic E-state index is 0.0628. The van der Waals surface area contributed by atoms with E-state index in [0.29, 0.717) is 28.6 Å². The van der Waals surface area contributed by atoms with E-state index in [4.69, 9.17) is 0 Å². The summed E-state index contributed by atoms with van der Waals surface area (Å²) in [6.07, 6.45) is -0.784. The van der Waals surface area contributed by atoms with Gasteiger partial charge in [-0.2, -0.15) is 18.3 Å². The number of fused-ring (bicyclic) bond motifs is 1. The molecule has 28 heavy (non-hydrogen) atoms. The summed E-state index contributed by atoms with van der Waals surface area (Å²) in [5.74, 6) is -0.608. The number of pyridine rings is 1. The van der Waals surface area contributed by atoms with Gasteiger partial charge in [0.15, 0.2) is 0 Å². The first-order chi connectivity index (χ1) is 13.2. The fourth-order valence-electron chi connectivity index (χ4n) is 3.72. The monoisotopic (exact) mass is 388 g/mol. The number of likely N-dealkylation sites (tertiary alicyclic amines) is 1. The van der Waals surface area contributed by atoms with Crippen molar-refractivity contribution < 1.29 is 18.0 Å². The second-order valence-electron chi connectivity index (χ2n) is 7.18. The highest BCUT2D eigenvalue weighted by atomic mass is 19.4. The Hall–Kier alpha value is -2.90. The minimum atomic E-state index is -4.43. The van der Waals surface area contributed by atoms with E-state index in [1.165, 1.54) is 0 Å². The number of amides is 1. The molecule has 1 aliphatic rings. The fraction of sp³-hybridized carbons (Fsp3) is 0.350. The number of hydrogen-bond acceptors (Lipinski definition) is 3. The van der Waals surface area contributed by atoms with Crippen molar-refractivity contribution in [1.29, 1.82) is 0 Å². The molecule has 1 aromatic carbocycles. The van der Waals surface area contributed by atoms with E-state index in [2.05, 4.69) is 10.1 Å². The van der Waals surface area contributed by atoms with Crippen LogP contribution in [0.15, 0.2) is 36.7 Å². The van der Waals surface area contributed by atoms with Gasteiger partial charge in [-0.25, -0.2) is 4.98 Å². The van der Waals surface area contributed by atoms with Crippen LogP contribution >= 0.6 is 0 Å². The fourth-order valence-corrected chi connectivity index (χ4v) is 3.72. The second-order valence-corrected chi connectivity index (χ2v) is 7.18. The number of nitrogens with zero attached hydrogens (tertiary/aromatic N) is 4. The van der Waals surface area contributed by atoms with Gasteiger partial charge < -0.3 is 4.90 Å². The molecule has 1 atom stereocenters. The van der Waals surface area contributed by atoms with Crippen LogP contribution in [0.5, 0.6) is 0 Å². The van der Waals surface area contributed by atoms with Crippen molar-refractivity contribution in [2.45, 2.75) is 32.0 Å². The molecule has 0 N–H and O–H groups in total. The van der Waals surface area contributed by atoms with Gasteiger partial charge in [-0.15, -0.1) is 0 Å². The third-order valence-corrected chi connectivity index (χ3v) is 5.09. The molecule has 0 radical (unpaired) electrons. The Morgan fingerprint density at radius 1 is 1.25 bits per heavy atom. The van der Waals surface area contributed by atoms with Crippen LogP contribution in [-0.2, 0) is 7.05 Å². The summed E-state index contributed by atoms with van der Waals surface area (Å²) in [4.78, 5) is 18.7. The Morgan fingerprint density at radius 2 is 2.04 bits per heavy atom. The molecule has 2 aromatic heterocycles. The molecule has 8 heteroatoms. The van der Waals surface area contributed by atoms with E-state index in [-0.39, 0.29) is 18.5 Å². The molecule has 1 amide bonds. The number of halogens is 3. The SMILES string of the molecule is Cc1ccc2nc(-c3cnn(C)c3)cc(C(=O)N3CCCC3C(F)(F)F)c2c1. The van der Waals surface area contributed by atoms with Crippen molar-refractivity contribution in [3.63, 3.8) is 0 Å². The highest BCUT2D eigenvalue weighted by molar-refractivity contribution is 6.07. The van der Waals surface area contributed by atoms with Crippen LogP contribution in [0.3, 0.4) is 0 Å². The number of aromatic nitrogens is 3. The molecule has 0 spiro atoms. The Labute approximate surface area is 159 Å². The van der Waals surface area contributed by atoms with Crippen molar-refractivity contribution in [2.75, 3.05) is 6.54 Å². The number of carbonyl (C=O) groups is 1. The standard InChI is InChI=1S/C20H19F3N4O/c1-12-5-6-16-14(8-12)15(9-17(25-16)13-10-24-26(2)11-13)19(28)27-7-3-4-18(27)20(21,22)23/h5-6,8-11,18H,3-4,7H2,1-2H3. The van der Waals surface area contributed by atoms with E-state index < -0.39 is 18.1 Å². The van der Waals surface area contributed by atoms with Gasteiger partial charge >= 0.3 is 6.18 Å². The molecule has 0 saturated carbocycles. The van der Waals surface area contributed by atoms with Gasteiger partial charge in [-0.05, 0) is 38.0 Å². The van der Waals surface area contributed by atoms with Gasteiger partial charge in [-0.3, -0.25) is 9.48 Å². The highest BCUT2D eigenvalue weighted by Crippen LogP contribution is 2.35. The molecule has 1 aliphatic heterocycles. The second kappa shape index (κ2) is 6.61. The average molecular weight is 388 g/mol. The quantitative estimate of drug-likeness (QED) is 0.664. The van der Waals surface area contributed by atoms with Crippen LogP contribution in [0.25, 0.3) is 22.2 Å². The van der Waals surface area contributed by atoms with E-state index in [1.807, 2.05) is 13.0 Å². The Bertz CT molecular complexity index is 1060. The highest BCUT2D eigenvalue weighted by Gasteiger charge is 2.48. The van der Waals surface area contributed by atoms with Gasteiger partial charge in [0.2, 0.25) is 0 Å². The Kier molecular flexibility index (Phi) is 4.36. The van der Waals surface area contributed by atoms with Crippen LogP contribution in [0, 0.1) is 6.92 Å². The number of rotatable bonds is 2. The smallest absolute Gasteiger partial charge is 0.327 e. The summed E-state index contributed by atoms with van der Waals surface area (Å²) in [6, 6.07) is 5.28. The molecule has 1 fully saturated rings. The van der Waals surface area contributed by atoms with E-state index in [0.717, 1.165) is 10.5 Å². The summed E-state index contributed by atoms with van der Waals surface area (Å²) >= 11 is 0. The molecular formula is C20H19F3N4O. The Balaban J connectivity index is 1.86. The first-order valence-corrected chi connectivity index (χ1v) is 9.02. The molecule has 0 aliphatic carbocycles. The summed E-state index contributed by atoms with van der Waals surface area (Å²) < 4.78 is 41.8. The summed E-state index contributed by atoms with van der Waals surface area (Å²) in [5, 5.41) is 4.68. The van der Waals surface area contributed by atoms with Gasteiger partial charge in [0.25, 0.3) is 5.91 Å². The van der Waals surface area contributed by atoms with Crippen molar-refractivity contribution in [3.8, 4) is 11.3 Å². The molecule has 146 valence electrons. The zero-order valence-electron chi connectivity index (χ0n) is 15.5. The molecule has 3 aromatic rings. The minimum Gasteiger partial charge on any atom is -0.327 e. The summed E-state index contributed by atoms with van der Waals surface area (Å²) in [7, 11) is 1.76. The van der Waals surface area contributed by atoms with Gasteiger partial charge in [0.05, 0.1) is 23.0 Å². The lowest BCUT2D eigenvalue weighted by molar-refractivity contribution is -0.169. The van der Waals surface area contributed by atoms with E-state index >= 15 is 0 Å². The first-order valence-electron chi connectivity index (χ1n) is 9.02. The van der Waals surface area contributed by atoms with Crippen LogP contribution in [0.1, 0.15) is 28.8 Å². The predicted octanol–water partition coefficient (Wildman–Crippen LogP) is 4.11. The third-order valence-electron chi connectivity index (χ3n) is 5.09. The zero-order chi connectivity index (χ0) is 20.1. The van der Waals surface area contributed by atoms with Gasteiger partial charge in [0.1, 0.15) is 6.04 Å². The summed E-state index contributed by atoms with van der Waals surface area (Å²) in [6.45, 7) is 1.97. The normalized spacial score (nSPS) is 17.5. The molecule has 1 unspecified atom stereocenters. The summed E-state index contributed by atoms with van der Waals surface area (Å²) in [5.41, 5.74) is 2.93. The molecule has 3 heterocycles.